The van der Waals surface area contributed by atoms with Gasteiger partial charge in [-0.15, -0.1) is 0 Å². The van der Waals surface area contributed by atoms with Crippen LogP contribution in [-0.4, -0.2) is 30.0 Å². The van der Waals surface area contributed by atoms with Crippen LogP contribution < -0.4 is 10.6 Å². The summed E-state index contributed by atoms with van der Waals surface area (Å²) in [5.41, 5.74) is 2.04. The number of aryl methyl sites for hydroxylation is 1. The Morgan fingerprint density at radius 2 is 1.80 bits per heavy atom. The maximum absolute atomic E-state index is 11.9. The third kappa shape index (κ3) is 5.17. The van der Waals surface area contributed by atoms with Gasteiger partial charge in [-0.05, 0) is 38.2 Å². The molecule has 0 aliphatic heterocycles. The fourth-order valence-electron chi connectivity index (χ4n) is 2.11. The van der Waals surface area contributed by atoms with Gasteiger partial charge >= 0.3 is 0 Å². The third-order valence-corrected chi connectivity index (χ3v) is 5.38. The number of thioether (sulfide) groups is 1. The van der Waals surface area contributed by atoms with Crippen LogP contribution in [0.15, 0.2) is 24.3 Å². The summed E-state index contributed by atoms with van der Waals surface area (Å²) in [4.78, 5) is 11.9. The smallest absolute Gasteiger partial charge is 0.238 e. The molecule has 0 bridgehead atoms. The molecule has 2 N–H and O–H groups in total. The second kappa shape index (κ2) is 8.32. The molecular weight excluding hydrogens is 268 g/mol. The van der Waals surface area contributed by atoms with Gasteiger partial charge in [0.1, 0.15) is 0 Å². The second-order valence-electron chi connectivity index (χ2n) is 5.11. The van der Waals surface area contributed by atoms with Gasteiger partial charge < -0.3 is 10.6 Å². The Balaban J connectivity index is 2.38. The minimum atomic E-state index is 0.0102. The van der Waals surface area contributed by atoms with Gasteiger partial charge in [-0.2, -0.15) is 11.8 Å². The minimum Gasteiger partial charge on any atom is -0.325 e. The summed E-state index contributed by atoms with van der Waals surface area (Å²) < 4.78 is 0.240. The molecule has 0 saturated heterocycles. The molecular formula is C16H26N2OS. The molecule has 0 atom stereocenters. The van der Waals surface area contributed by atoms with Crippen LogP contribution in [0.2, 0.25) is 0 Å². The number of anilines is 1. The van der Waals surface area contributed by atoms with E-state index in [0.29, 0.717) is 6.54 Å². The maximum Gasteiger partial charge on any atom is 0.238 e. The minimum absolute atomic E-state index is 0.0102. The van der Waals surface area contributed by atoms with Crippen molar-refractivity contribution in [1.29, 1.82) is 0 Å². The normalized spacial score (nSPS) is 11.4. The summed E-state index contributed by atoms with van der Waals surface area (Å²) in [5, 5.41) is 6.18. The molecule has 3 nitrogen and oxygen atoms in total. The summed E-state index contributed by atoms with van der Waals surface area (Å²) in [7, 11) is 0. The molecule has 112 valence electrons. The van der Waals surface area contributed by atoms with E-state index in [-0.39, 0.29) is 10.7 Å². The lowest BCUT2D eigenvalue weighted by molar-refractivity contribution is -0.115. The van der Waals surface area contributed by atoms with Gasteiger partial charge in [0.05, 0.1) is 6.54 Å². The Morgan fingerprint density at radius 3 is 2.30 bits per heavy atom. The summed E-state index contributed by atoms with van der Waals surface area (Å²) in [5.74, 6) is 0.0102. The average Bonchev–Trinajstić information content (AvgIpc) is 2.47. The van der Waals surface area contributed by atoms with Crippen molar-refractivity contribution in [2.45, 2.75) is 38.4 Å². The number of hydrogen-bond acceptors (Lipinski definition) is 3. The Labute approximate surface area is 126 Å². The van der Waals surface area contributed by atoms with Crippen LogP contribution in [0.1, 0.15) is 32.3 Å². The largest absolute Gasteiger partial charge is 0.325 e. The maximum atomic E-state index is 11.9. The Kier molecular flexibility index (Phi) is 7.10. The lowest BCUT2D eigenvalue weighted by Gasteiger charge is -2.29. The summed E-state index contributed by atoms with van der Waals surface area (Å²) in [6.07, 6.45) is 4.36. The zero-order chi connectivity index (χ0) is 15.0. The van der Waals surface area contributed by atoms with Gasteiger partial charge in [-0.3, -0.25) is 4.79 Å². The van der Waals surface area contributed by atoms with Crippen molar-refractivity contribution in [2.24, 2.45) is 0 Å². The average molecular weight is 294 g/mol. The van der Waals surface area contributed by atoms with Crippen molar-refractivity contribution >= 4 is 23.4 Å². The number of carbonyl (C=O) groups excluding carboxylic acids is 1. The van der Waals surface area contributed by atoms with E-state index in [9.17, 15) is 4.79 Å². The number of rotatable bonds is 8. The van der Waals surface area contributed by atoms with Crippen molar-refractivity contribution in [1.82, 2.24) is 5.32 Å². The van der Waals surface area contributed by atoms with E-state index in [4.69, 9.17) is 0 Å². The van der Waals surface area contributed by atoms with Gasteiger partial charge in [-0.25, -0.2) is 0 Å². The van der Waals surface area contributed by atoms with Crippen LogP contribution in [0.25, 0.3) is 0 Å². The van der Waals surface area contributed by atoms with Crippen LogP contribution >= 0.6 is 11.8 Å². The summed E-state index contributed by atoms with van der Waals surface area (Å²) in [6, 6.07) is 7.85. The predicted molar refractivity (Wildman–Crippen MR) is 89.5 cm³/mol. The standard InChI is InChI=1S/C16H26N2OS/c1-5-16(6-2,20-4)12-17-11-15(19)18-14-9-7-13(3)8-10-14/h7-10,17H,5-6,11-12H2,1-4H3,(H,18,19). The van der Waals surface area contributed by atoms with Gasteiger partial charge in [0, 0.05) is 17.0 Å². The second-order valence-corrected chi connectivity index (χ2v) is 6.39. The molecule has 1 rings (SSSR count). The highest BCUT2D eigenvalue weighted by Gasteiger charge is 2.24. The third-order valence-electron chi connectivity index (χ3n) is 3.79. The van der Waals surface area contributed by atoms with Crippen LogP contribution in [0, 0.1) is 6.92 Å². The van der Waals surface area contributed by atoms with Crippen LogP contribution in [0.5, 0.6) is 0 Å². The first-order valence-electron chi connectivity index (χ1n) is 7.17. The van der Waals surface area contributed by atoms with E-state index in [2.05, 4.69) is 30.7 Å². The van der Waals surface area contributed by atoms with Crippen molar-refractivity contribution < 1.29 is 4.79 Å². The highest BCUT2D eigenvalue weighted by atomic mass is 32.2. The highest BCUT2D eigenvalue weighted by Crippen LogP contribution is 2.29. The molecule has 0 heterocycles. The van der Waals surface area contributed by atoms with Crippen molar-refractivity contribution in [2.75, 3.05) is 24.7 Å². The Bertz CT molecular complexity index is 405. The lowest BCUT2D eigenvalue weighted by atomic mass is 10.0. The van der Waals surface area contributed by atoms with E-state index in [1.807, 2.05) is 43.0 Å². The van der Waals surface area contributed by atoms with E-state index in [0.717, 1.165) is 25.1 Å². The molecule has 4 heteroatoms. The number of hydrogen-bond donors (Lipinski definition) is 2. The number of nitrogens with one attached hydrogen (secondary N) is 2. The predicted octanol–water partition coefficient (Wildman–Crippen LogP) is 3.44. The fourth-order valence-corrected chi connectivity index (χ4v) is 2.93. The fraction of sp³-hybridized carbons (Fsp3) is 0.562. The molecule has 0 radical (unpaired) electrons. The first-order valence-corrected chi connectivity index (χ1v) is 8.40. The molecule has 0 aliphatic carbocycles. The molecule has 0 unspecified atom stereocenters. The quantitative estimate of drug-likeness (QED) is 0.771. The zero-order valence-corrected chi connectivity index (χ0v) is 13.8. The Morgan fingerprint density at radius 1 is 1.20 bits per heavy atom. The summed E-state index contributed by atoms with van der Waals surface area (Å²) >= 11 is 1.88. The summed E-state index contributed by atoms with van der Waals surface area (Å²) in [6.45, 7) is 7.66. The SMILES string of the molecule is CCC(CC)(CNCC(=O)Nc1ccc(C)cc1)SC. The van der Waals surface area contributed by atoms with E-state index < -0.39 is 0 Å². The van der Waals surface area contributed by atoms with Crippen LogP contribution in [0.3, 0.4) is 0 Å². The van der Waals surface area contributed by atoms with Crippen molar-refractivity contribution in [3.8, 4) is 0 Å². The van der Waals surface area contributed by atoms with Gasteiger partial charge in [-0.1, -0.05) is 31.5 Å². The van der Waals surface area contributed by atoms with Gasteiger partial charge in [0.25, 0.3) is 0 Å². The van der Waals surface area contributed by atoms with Crippen LogP contribution in [0.4, 0.5) is 5.69 Å². The molecule has 1 aromatic rings. The van der Waals surface area contributed by atoms with Crippen molar-refractivity contribution in [3.63, 3.8) is 0 Å². The lowest BCUT2D eigenvalue weighted by Crippen LogP contribution is -2.40. The molecule has 1 aromatic carbocycles. The first-order chi connectivity index (χ1) is 9.55. The molecule has 20 heavy (non-hydrogen) atoms. The molecule has 1 amide bonds. The van der Waals surface area contributed by atoms with E-state index in [1.165, 1.54) is 5.56 Å². The number of benzene rings is 1. The molecule has 0 fully saturated rings. The van der Waals surface area contributed by atoms with Gasteiger partial charge in [0.2, 0.25) is 5.91 Å². The number of amides is 1. The van der Waals surface area contributed by atoms with E-state index in [1.54, 1.807) is 0 Å². The number of carbonyl (C=O) groups is 1. The monoisotopic (exact) mass is 294 g/mol. The first kappa shape index (κ1) is 17.1. The topological polar surface area (TPSA) is 41.1 Å². The molecule has 0 saturated carbocycles. The Hall–Kier alpha value is -1.00. The van der Waals surface area contributed by atoms with Crippen molar-refractivity contribution in [3.05, 3.63) is 29.8 Å². The highest BCUT2D eigenvalue weighted by molar-refractivity contribution is 8.00. The molecule has 0 aliphatic rings. The van der Waals surface area contributed by atoms with Crippen LogP contribution in [-0.2, 0) is 4.79 Å². The molecule has 0 aromatic heterocycles. The van der Waals surface area contributed by atoms with Gasteiger partial charge in [0.15, 0.2) is 0 Å². The zero-order valence-electron chi connectivity index (χ0n) is 13.0. The molecule has 0 spiro atoms. The van der Waals surface area contributed by atoms with E-state index >= 15 is 0 Å².